The first-order valence-electron chi connectivity index (χ1n) is 5.36. The Morgan fingerprint density at radius 2 is 2.00 bits per heavy atom. The molecule has 0 saturated heterocycles. The number of hydrogen-bond acceptors (Lipinski definition) is 3. The number of carbonyl (C=O) groups is 1. The van der Waals surface area contributed by atoms with Gasteiger partial charge >= 0.3 is 5.97 Å². The van der Waals surface area contributed by atoms with Crippen LogP contribution in [0.4, 0.5) is 0 Å². The second-order valence-corrected chi connectivity index (χ2v) is 4.56. The van der Waals surface area contributed by atoms with Crippen LogP contribution >= 0.6 is 11.6 Å². The minimum Gasteiger partial charge on any atom is -0.481 e. The maximum Gasteiger partial charge on any atom is 0.315 e. The van der Waals surface area contributed by atoms with E-state index in [1.54, 1.807) is 0 Å². The molecule has 1 aliphatic rings. The molecule has 0 atom stereocenters. The van der Waals surface area contributed by atoms with Gasteiger partial charge in [0.2, 0.25) is 0 Å². The lowest BCUT2D eigenvalue weighted by Crippen LogP contribution is -2.38. The number of carboxylic acids is 1. The Balaban J connectivity index is 2.42. The zero-order valence-corrected chi connectivity index (χ0v) is 9.57. The number of hydrogen-bond donors (Lipinski definition) is 1. The van der Waals surface area contributed by atoms with Crippen molar-refractivity contribution in [2.24, 2.45) is 0 Å². The van der Waals surface area contributed by atoms with Gasteiger partial charge in [0.25, 0.3) is 0 Å². The van der Waals surface area contributed by atoms with Crippen LogP contribution in [0.25, 0.3) is 0 Å². The average Bonchev–Trinajstić information content (AvgIpc) is 2.30. The van der Waals surface area contributed by atoms with Crippen LogP contribution in [-0.4, -0.2) is 21.0 Å². The van der Waals surface area contributed by atoms with Crippen LogP contribution in [0.1, 0.15) is 37.8 Å². The number of aliphatic carboxylic acids is 1. The summed E-state index contributed by atoms with van der Waals surface area (Å²) in [5.74, 6) is -0.816. The third-order valence-electron chi connectivity index (χ3n) is 3.21. The van der Waals surface area contributed by atoms with Crippen LogP contribution in [0.3, 0.4) is 0 Å². The average molecular weight is 241 g/mol. The van der Waals surface area contributed by atoms with Crippen molar-refractivity contribution in [3.8, 4) is 0 Å². The lowest BCUT2D eigenvalue weighted by atomic mass is 9.72. The number of carboxylic acid groups (broad SMARTS) is 1. The quantitative estimate of drug-likeness (QED) is 0.862. The summed E-state index contributed by atoms with van der Waals surface area (Å²) < 4.78 is 0. The molecule has 1 aromatic heterocycles. The Morgan fingerprint density at radius 3 is 2.56 bits per heavy atom. The van der Waals surface area contributed by atoms with Crippen molar-refractivity contribution in [3.05, 3.63) is 23.2 Å². The summed E-state index contributed by atoms with van der Waals surface area (Å²) >= 11 is 5.76. The van der Waals surface area contributed by atoms with E-state index in [0.29, 0.717) is 18.5 Å². The second kappa shape index (κ2) is 4.37. The number of aromatic nitrogens is 2. The Hall–Kier alpha value is -1.16. The molecule has 1 aliphatic carbocycles. The molecule has 0 spiro atoms. The predicted molar refractivity (Wildman–Crippen MR) is 59.4 cm³/mol. The Labute approximate surface area is 98.7 Å². The fourth-order valence-corrected chi connectivity index (χ4v) is 2.46. The molecule has 1 N–H and O–H groups in total. The summed E-state index contributed by atoms with van der Waals surface area (Å²) in [6.07, 6.45) is 7.10. The minimum atomic E-state index is -0.879. The summed E-state index contributed by atoms with van der Waals surface area (Å²) in [6, 6.07) is 0. The Bertz CT molecular complexity index is 403. The summed E-state index contributed by atoms with van der Waals surface area (Å²) in [4.78, 5) is 19.5. The van der Waals surface area contributed by atoms with E-state index in [2.05, 4.69) is 9.97 Å². The summed E-state index contributed by atoms with van der Waals surface area (Å²) in [7, 11) is 0. The third kappa shape index (κ3) is 1.89. The molecule has 1 fully saturated rings. The van der Waals surface area contributed by atoms with E-state index in [-0.39, 0.29) is 5.15 Å². The molecule has 0 amide bonds. The topological polar surface area (TPSA) is 63.1 Å². The lowest BCUT2D eigenvalue weighted by Gasteiger charge is -2.32. The molecule has 1 aromatic rings. The molecule has 0 aromatic carbocycles. The monoisotopic (exact) mass is 240 g/mol. The highest BCUT2D eigenvalue weighted by Gasteiger charge is 2.42. The van der Waals surface area contributed by atoms with E-state index in [4.69, 9.17) is 11.6 Å². The number of rotatable bonds is 2. The van der Waals surface area contributed by atoms with Gasteiger partial charge in [-0.1, -0.05) is 30.9 Å². The molecular weight excluding hydrogens is 228 g/mol. The lowest BCUT2D eigenvalue weighted by molar-refractivity contribution is -0.145. The first kappa shape index (κ1) is 11.3. The first-order chi connectivity index (χ1) is 7.65. The van der Waals surface area contributed by atoms with Gasteiger partial charge in [-0.2, -0.15) is 0 Å². The van der Waals surface area contributed by atoms with Gasteiger partial charge in [-0.25, -0.2) is 4.98 Å². The van der Waals surface area contributed by atoms with Crippen molar-refractivity contribution >= 4 is 17.6 Å². The SMILES string of the molecule is O=C(O)C1(c2cncc(Cl)n2)CCCCC1. The molecule has 0 radical (unpaired) electrons. The zero-order chi connectivity index (χ0) is 11.6. The number of nitrogens with zero attached hydrogens (tertiary/aromatic N) is 2. The van der Waals surface area contributed by atoms with Crippen molar-refractivity contribution in [2.45, 2.75) is 37.5 Å². The van der Waals surface area contributed by atoms with Gasteiger partial charge in [-0.15, -0.1) is 0 Å². The Kier molecular flexibility index (Phi) is 3.10. The van der Waals surface area contributed by atoms with E-state index >= 15 is 0 Å². The highest BCUT2D eigenvalue weighted by atomic mass is 35.5. The van der Waals surface area contributed by atoms with Crippen molar-refractivity contribution in [1.29, 1.82) is 0 Å². The molecule has 4 nitrogen and oxygen atoms in total. The van der Waals surface area contributed by atoms with Gasteiger partial charge in [0, 0.05) is 6.20 Å². The highest BCUT2D eigenvalue weighted by molar-refractivity contribution is 6.29. The van der Waals surface area contributed by atoms with E-state index in [9.17, 15) is 9.90 Å². The molecule has 0 bridgehead atoms. The van der Waals surface area contributed by atoms with Gasteiger partial charge in [-0.3, -0.25) is 9.78 Å². The summed E-state index contributed by atoms with van der Waals surface area (Å²) in [5, 5.41) is 9.68. The van der Waals surface area contributed by atoms with Crippen LogP contribution < -0.4 is 0 Å². The highest BCUT2D eigenvalue weighted by Crippen LogP contribution is 2.38. The predicted octanol–water partition coefficient (Wildman–Crippen LogP) is 2.42. The number of halogens is 1. The standard InChI is InChI=1S/C11H13ClN2O2/c12-9-7-13-6-8(14-9)11(10(15)16)4-2-1-3-5-11/h6-7H,1-5H2,(H,15,16). The fraction of sp³-hybridized carbons (Fsp3) is 0.545. The van der Waals surface area contributed by atoms with Crippen LogP contribution in [0.2, 0.25) is 5.15 Å². The normalized spacial score (nSPS) is 19.3. The Morgan fingerprint density at radius 1 is 1.31 bits per heavy atom. The molecule has 0 aliphatic heterocycles. The minimum absolute atomic E-state index is 0.253. The molecule has 1 heterocycles. The van der Waals surface area contributed by atoms with Gasteiger partial charge in [0.05, 0.1) is 11.9 Å². The molecule has 5 heteroatoms. The van der Waals surface area contributed by atoms with Crippen LogP contribution in [-0.2, 0) is 10.2 Å². The van der Waals surface area contributed by atoms with Crippen LogP contribution in [0.15, 0.2) is 12.4 Å². The van der Waals surface area contributed by atoms with Gasteiger partial charge in [-0.05, 0) is 12.8 Å². The molecule has 2 rings (SSSR count). The van der Waals surface area contributed by atoms with Crippen LogP contribution in [0.5, 0.6) is 0 Å². The van der Waals surface area contributed by atoms with Gasteiger partial charge < -0.3 is 5.11 Å². The van der Waals surface area contributed by atoms with E-state index in [1.165, 1.54) is 12.4 Å². The first-order valence-corrected chi connectivity index (χ1v) is 5.74. The van der Waals surface area contributed by atoms with Crippen molar-refractivity contribution in [1.82, 2.24) is 9.97 Å². The maximum atomic E-state index is 11.5. The maximum absolute atomic E-state index is 11.5. The molecule has 16 heavy (non-hydrogen) atoms. The molecule has 1 saturated carbocycles. The third-order valence-corrected chi connectivity index (χ3v) is 3.39. The van der Waals surface area contributed by atoms with Crippen molar-refractivity contribution < 1.29 is 9.90 Å². The zero-order valence-electron chi connectivity index (χ0n) is 8.82. The fourth-order valence-electron chi connectivity index (χ4n) is 2.31. The van der Waals surface area contributed by atoms with E-state index < -0.39 is 11.4 Å². The van der Waals surface area contributed by atoms with E-state index in [1.807, 2.05) is 0 Å². The summed E-state index contributed by atoms with van der Waals surface area (Å²) in [6.45, 7) is 0. The van der Waals surface area contributed by atoms with Crippen LogP contribution in [0, 0.1) is 0 Å². The molecule has 86 valence electrons. The van der Waals surface area contributed by atoms with E-state index in [0.717, 1.165) is 19.3 Å². The molecule has 0 unspecified atom stereocenters. The largest absolute Gasteiger partial charge is 0.481 e. The van der Waals surface area contributed by atoms with Gasteiger partial charge in [0.15, 0.2) is 0 Å². The van der Waals surface area contributed by atoms with Crippen molar-refractivity contribution in [3.63, 3.8) is 0 Å². The second-order valence-electron chi connectivity index (χ2n) is 4.17. The van der Waals surface area contributed by atoms with Gasteiger partial charge in [0.1, 0.15) is 10.6 Å². The van der Waals surface area contributed by atoms with Crippen molar-refractivity contribution in [2.75, 3.05) is 0 Å². The molecular formula is C11H13ClN2O2. The smallest absolute Gasteiger partial charge is 0.315 e. The summed E-state index contributed by atoms with van der Waals surface area (Å²) in [5.41, 5.74) is -0.386.